The number of aliphatic hydroxyl groups excluding tert-OH is 1. The minimum atomic E-state index is -0.855. The average molecular weight is 411 g/mol. The topological polar surface area (TPSA) is 70.1 Å². The van der Waals surface area contributed by atoms with Crippen molar-refractivity contribution < 1.29 is 19.4 Å². The Labute approximate surface area is 177 Å². The van der Waals surface area contributed by atoms with E-state index in [0.29, 0.717) is 18.5 Å². The van der Waals surface area contributed by atoms with E-state index in [2.05, 4.69) is 13.8 Å². The molecule has 0 spiro atoms. The number of likely N-dealkylation sites (tertiary alicyclic amines) is 1. The molecule has 2 rings (SSSR count). The smallest absolute Gasteiger partial charge is 0.410 e. The van der Waals surface area contributed by atoms with Gasteiger partial charge in [0, 0.05) is 19.1 Å². The number of amides is 2. The van der Waals surface area contributed by atoms with Crippen LogP contribution in [-0.2, 0) is 9.53 Å². The van der Waals surface area contributed by atoms with Gasteiger partial charge >= 0.3 is 6.09 Å². The monoisotopic (exact) mass is 410 g/mol. The zero-order chi connectivity index (χ0) is 22.2. The summed E-state index contributed by atoms with van der Waals surface area (Å²) in [4.78, 5) is 29.9. The second-order valence-corrected chi connectivity index (χ2v) is 11.4. The van der Waals surface area contributed by atoms with Crippen LogP contribution in [0, 0.1) is 10.8 Å². The van der Waals surface area contributed by atoms with Gasteiger partial charge in [0.15, 0.2) is 0 Å². The van der Waals surface area contributed by atoms with Gasteiger partial charge in [-0.25, -0.2) is 4.79 Å². The van der Waals surface area contributed by atoms with Crippen LogP contribution in [0.5, 0.6) is 0 Å². The van der Waals surface area contributed by atoms with Crippen LogP contribution in [0.3, 0.4) is 0 Å². The summed E-state index contributed by atoms with van der Waals surface area (Å²) < 4.78 is 5.53. The van der Waals surface area contributed by atoms with Gasteiger partial charge in [0.05, 0.1) is 17.6 Å². The third kappa shape index (κ3) is 5.87. The maximum Gasteiger partial charge on any atom is 0.410 e. The van der Waals surface area contributed by atoms with Crippen LogP contribution >= 0.6 is 0 Å². The Bertz CT molecular complexity index is 596. The summed E-state index contributed by atoms with van der Waals surface area (Å²) in [7, 11) is 0. The first-order valence-corrected chi connectivity index (χ1v) is 11.1. The van der Waals surface area contributed by atoms with Gasteiger partial charge in [-0.15, -0.1) is 0 Å². The number of hydrogen-bond acceptors (Lipinski definition) is 4. The molecule has 0 aromatic heterocycles. The molecular formula is C23H42N2O4. The van der Waals surface area contributed by atoms with Crippen molar-refractivity contribution in [3.05, 3.63) is 0 Å². The molecule has 168 valence electrons. The number of carbonyl (C=O) groups excluding carboxylic acids is 2. The fourth-order valence-corrected chi connectivity index (χ4v) is 4.26. The zero-order valence-electron chi connectivity index (χ0n) is 19.7. The molecule has 1 aliphatic heterocycles. The van der Waals surface area contributed by atoms with Crippen molar-refractivity contribution in [3.8, 4) is 0 Å². The van der Waals surface area contributed by atoms with Crippen molar-refractivity contribution in [3.63, 3.8) is 0 Å². The maximum absolute atomic E-state index is 13.6. The Morgan fingerprint density at radius 2 is 1.62 bits per heavy atom. The average Bonchev–Trinajstić information content (AvgIpc) is 3.04. The number of rotatable bonds is 4. The van der Waals surface area contributed by atoms with E-state index >= 15 is 0 Å². The summed E-state index contributed by atoms with van der Waals surface area (Å²) in [5.74, 6) is -0.00625. The van der Waals surface area contributed by atoms with Crippen LogP contribution in [0.1, 0.15) is 87.5 Å². The van der Waals surface area contributed by atoms with E-state index in [1.165, 1.54) is 0 Å². The molecule has 2 atom stereocenters. The van der Waals surface area contributed by atoms with E-state index in [4.69, 9.17) is 4.74 Å². The van der Waals surface area contributed by atoms with E-state index in [9.17, 15) is 14.7 Å². The molecule has 2 amide bonds. The van der Waals surface area contributed by atoms with Crippen molar-refractivity contribution >= 4 is 12.0 Å². The molecule has 0 aromatic carbocycles. The Morgan fingerprint density at radius 3 is 2.10 bits per heavy atom. The highest BCUT2D eigenvalue weighted by Crippen LogP contribution is 2.40. The summed E-state index contributed by atoms with van der Waals surface area (Å²) in [5.41, 5.74) is -1.08. The first-order valence-electron chi connectivity index (χ1n) is 11.1. The fourth-order valence-electron chi connectivity index (χ4n) is 4.26. The standard InChI is InChI=1S/C23H42N2O4/c1-16(26)23(7,8)19(27)25(17-9-12-22(5,6)13-10-17)18-11-14-24(15-18)20(28)29-21(2,3)4/h16-18,26H,9-15H2,1-8H3/t16?,18-/m0/s1. The lowest BCUT2D eigenvalue weighted by atomic mass is 9.74. The Kier molecular flexibility index (Phi) is 6.98. The van der Waals surface area contributed by atoms with Gasteiger partial charge in [-0.2, -0.15) is 0 Å². The summed E-state index contributed by atoms with van der Waals surface area (Å²) in [5, 5.41) is 10.3. The van der Waals surface area contributed by atoms with Crippen LogP contribution in [0.15, 0.2) is 0 Å². The van der Waals surface area contributed by atoms with Gasteiger partial charge in [-0.1, -0.05) is 13.8 Å². The van der Waals surface area contributed by atoms with E-state index in [1.54, 1.807) is 11.8 Å². The van der Waals surface area contributed by atoms with E-state index < -0.39 is 17.1 Å². The molecule has 6 nitrogen and oxygen atoms in total. The zero-order valence-corrected chi connectivity index (χ0v) is 19.7. The quantitative estimate of drug-likeness (QED) is 0.754. The molecule has 1 saturated carbocycles. The molecule has 0 radical (unpaired) electrons. The Hall–Kier alpha value is -1.30. The number of hydrogen-bond donors (Lipinski definition) is 1. The fraction of sp³-hybridized carbons (Fsp3) is 0.913. The third-order valence-corrected chi connectivity index (χ3v) is 6.74. The number of aliphatic hydroxyl groups is 1. The van der Waals surface area contributed by atoms with Gasteiger partial charge in [0.25, 0.3) is 0 Å². The second kappa shape index (κ2) is 8.44. The highest BCUT2D eigenvalue weighted by atomic mass is 16.6. The highest BCUT2D eigenvalue weighted by Gasteiger charge is 2.45. The van der Waals surface area contributed by atoms with Crippen LogP contribution in [0.2, 0.25) is 0 Å². The minimum absolute atomic E-state index is 0.00625. The second-order valence-electron chi connectivity index (χ2n) is 11.4. The lowest BCUT2D eigenvalue weighted by molar-refractivity contribution is -0.152. The SMILES string of the molecule is CC(O)C(C)(C)C(=O)N(C1CCC(C)(C)CC1)[C@H]1CCN(C(=O)OC(C)(C)C)C1. The van der Waals surface area contributed by atoms with E-state index in [-0.39, 0.29) is 24.1 Å². The van der Waals surface area contributed by atoms with Gasteiger partial charge < -0.3 is 19.6 Å². The van der Waals surface area contributed by atoms with Crippen molar-refractivity contribution in [1.82, 2.24) is 9.80 Å². The van der Waals surface area contributed by atoms with Gasteiger partial charge in [-0.05, 0) is 79.1 Å². The molecule has 29 heavy (non-hydrogen) atoms. The number of nitrogens with zero attached hydrogens (tertiary/aromatic N) is 2. The van der Waals surface area contributed by atoms with E-state index in [1.807, 2.05) is 39.5 Å². The summed E-state index contributed by atoms with van der Waals surface area (Å²) in [6.07, 6.45) is 3.81. The predicted octanol–water partition coefficient (Wildman–Crippen LogP) is 4.20. The molecule has 1 N–H and O–H groups in total. The largest absolute Gasteiger partial charge is 0.444 e. The van der Waals surface area contributed by atoms with E-state index in [0.717, 1.165) is 32.1 Å². The summed E-state index contributed by atoms with van der Waals surface area (Å²) >= 11 is 0. The van der Waals surface area contributed by atoms with Gasteiger partial charge in [0.2, 0.25) is 5.91 Å². The molecule has 1 saturated heterocycles. The van der Waals surface area contributed by atoms with Gasteiger partial charge in [0.1, 0.15) is 5.60 Å². The van der Waals surface area contributed by atoms with Crippen molar-refractivity contribution in [2.75, 3.05) is 13.1 Å². The van der Waals surface area contributed by atoms with Crippen LogP contribution < -0.4 is 0 Å². The molecule has 2 aliphatic rings. The molecule has 1 aliphatic carbocycles. The van der Waals surface area contributed by atoms with Crippen molar-refractivity contribution in [2.24, 2.45) is 10.8 Å². The summed E-state index contributed by atoms with van der Waals surface area (Å²) in [6, 6.07) is 0.136. The molecule has 0 bridgehead atoms. The van der Waals surface area contributed by atoms with Crippen molar-refractivity contribution in [2.45, 2.75) is 111 Å². The normalized spacial score (nSPS) is 24.3. The molecule has 1 unspecified atom stereocenters. The number of carbonyl (C=O) groups is 2. The molecular weight excluding hydrogens is 368 g/mol. The third-order valence-electron chi connectivity index (χ3n) is 6.74. The first kappa shape index (κ1) is 24.0. The van der Waals surface area contributed by atoms with Crippen LogP contribution in [0.4, 0.5) is 4.79 Å². The first-order chi connectivity index (χ1) is 13.1. The molecule has 2 fully saturated rings. The predicted molar refractivity (Wildman–Crippen MR) is 115 cm³/mol. The molecule has 6 heteroatoms. The Morgan fingerprint density at radius 1 is 1.07 bits per heavy atom. The maximum atomic E-state index is 13.6. The van der Waals surface area contributed by atoms with Crippen LogP contribution in [0.25, 0.3) is 0 Å². The minimum Gasteiger partial charge on any atom is -0.444 e. The van der Waals surface area contributed by atoms with Crippen molar-refractivity contribution in [1.29, 1.82) is 0 Å². The Balaban J connectivity index is 2.20. The van der Waals surface area contributed by atoms with Gasteiger partial charge in [-0.3, -0.25) is 4.79 Å². The summed E-state index contributed by atoms with van der Waals surface area (Å²) in [6.45, 7) is 16.6. The lowest BCUT2D eigenvalue weighted by Crippen LogP contribution is -2.56. The highest BCUT2D eigenvalue weighted by molar-refractivity contribution is 5.83. The molecule has 1 heterocycles. The lowest BCUT2D eigenvalue weighted by Gasteiger charge is -2.46. The molecule has 0 aromatic rings. The number of ether oxygens (including phenoxy) is 1. The van der Waals surface area contributed by atoms with Crippen LogP contribution in [-0.4, -0.2) is 63.8 Å².